The van der Waals surface area contributed by atoms with Crippen LogP contribution in [0, 0.1) is 10.1 Å². The zero-order chi connectivity index (χ0) is 11.5. The van der Waals surface area contributed by atoms with Crippen molar-refractivity contribution >= 4 is 37.8 Å². The van der Waals surface area contributed by atoms with Crippen molar-refractivity contribution in [2.45, 2.75) is 0 Å². The predicted molar refractivity (Wildman–Crippen MR) is 69.9 cm³/mol. The molecule has 6 nitrogen and oxygen atoms in total. The molecule has 0 radical (unpaired) electrons. The van der Waals surface area contributed by atoms with Gasteiger partial charge in [0, 0.05) is 34.7 Å². The molecule has 0 aliphatic carbocycles. The number of nitro benzene ring substituents is 1. The number of hydrazine groups is 1. The Morgan fingerprint density at radius 1 is 1.44 bits per heavy atom. The van der Waals surface area contributed by atoms with E-state index in [1.54, 1.807) is 12.1 Å². The van der Waals surface area contributed by atoms with E-state index in [2.05, 4.69) is 33.0 Å². The topological polar surface area (TPSA) is 70.8 Å². The second-order valence-electron chi connectivity index (χ2n) is 3.21. The monoisotopic (exact) mass is 332 g/mol. The number of hydrogen-bond acceptors (Lipinski definition) is 5. The van der Waals surface area contributed by atoms with Gasteiger partial charge < -0.3 is 0 Å². The van der Waals surface area contributed by atoms with Gasteiger partial charge in [-0.1, -0.05) is 0 Å². The number of hydrogen-bond donors (Lipinski definition) is 1. The zero-order valence-electron chi connectivity index (χ0n) is 8.26. The first-order chi connectivity index (χ1) is 7.66. The van der Waals surface area contributed by atoms with Gasteiger partial charge in [-0.25, -0.2) is 0 Å². The molecule has 1 aromatic rings. The second-order valence-corrected chi connectivity index (χ2v) is 4.23. The minimum Gasteiger partial charge on any atom is -0.284 e. The van der Waals surface area contributed by atoms with E-state index in [9.17, 15) is 10.1 Å². The van der Waals surface area contributed by atoms with E-state index in [1.165, 1.54) is 12.1 Å². The lowest BCUT2D eigenvalue weighted by atomic mass is 10.3. The third-order valence-electron chi connectivity index (χ3n) is 2.17. The number of rotatable bonds is 2. The average Bonchev–Trinajstić information content (AvgIpc) is 2.29. The molecule has 0 bridgehead atoms. The molecule has 0 aromatic heterocycles. The summed E-state index contributed by atoms with van der Waals surface area (Å²) in [6.07, 6.45) is 0. The van der Waals surface area contributed by atoms with Crippen molar-refractivity contribution in [1.82, 2.24) is 5.43 Å². The highest BCUT2D eigenvalue weighted by atomic mass is 127. The summed E-state index contributed by atoms with van der Waals surface area (Å²) in [6.45, 7) is 1.48. The van der Waals surface area contributed by atoms with E-state index in [0.29, 0.717) is 0 Å². The van der Waals surface area contributed by atoms with E-state index in [-0.39, 0.29) is 5.69 Å². The summed E-state index contributed by atoms with van der Waals surface area (Å²) in [4.78, 5) is 14.3. The Morgan fingerprint density at radius 2 is 2.12 bits per heavy atom. The van der Waals surface area contributed by atoms with Crippen LogP contribution in [0.2, 0.25) is 0 Å². The average molecular weight is 332 g/mol. The van der Waals surface area contributed by atoms with Gasteiger partial charge >= 0.3 is 0 Å². The van der Waals surface area contributed by atoms with Crippen LogP contribution in [0.4, 0.5) is 11.4 Å². The normalized spacial score (nSPS) is 15.3. The Labute approximate surface area is 106 Å². The molecule has 1 aliphatic rings. The van der Waals surface area contributed by atoms with E-state index in [4.69, 9.17) is 0 Å². The fraction of sp³-hybridized carbons (Fsp3) is 0.222. The minimum absolute atomic E-state index is 0.101. The van der Waals surface area contributed by atoms with E-state index < -0.39 is 4.92 Å². The fourth-order valence-corrected chi connectivity index (χ4v) is 1.93. The number of nitro groups is 1. The van der Waals surface area contributed by atoms with E-state index >= 15 is 0 Å². The predicted octanol–water partition coefficient (Wildman–Crippen LogP) is 1.71. The molecular formula is C9H9IN4O2. The molecule has 2 rings (SSSR count). The molecule has 0 amide bonds. The van der Waals surface area contributed by atoms with Gasteiger partial charge in [-0.15, -0.1) is 0 Å². The lowest BCUT2D eigenvalue weighted by molar-refractivity contribution is -0.384. The third kappa shape index (κ3) is 2.40. The first kappa shape index (κ1) is 11.1. The maximum absolute atomic E-state index is 10.5. The van der Waals surface area contributed by atoms with Crippen molar-refractivity contribution in [3.05, 3.63) is 34.4 Å². The fourth-order valence-electron chi connectivity index (χ4n) is 1.40. The number of amidine groups is 1. The lowest BCUT2D eigenvalue weighted by Crippen LogP contribution is -2.45. The molecule has 1 N–H and O–H groups in total. The summed E-state index contributed by atoms with van der Waals surface area (Å²) >= 11 is 2.11. The summed E-state index contributed by atoms with van der Waals surface area (Å²) in [5, 5.41) is 12.4. The van der Waals surface area contributed by atoms with Crippen molar-refractivity contribution in [2.75, 3.05) is 18.1 Å². The molecule has 0 saturated carbocycles. The maximum Gasteiger partial charge on any atom is 0.269 e. The number of aliphatic imine (C=N–C) groups is 1. The molecule has 0 atom stereocenters. The summed E-state index contributed by atoms with van der Waals surface area (Å²) < 4.78 is 0.821. The van der Waals surface area contributed by atoms with Crippen LogP contribution < -0.4 is 10.4 Å². The van der Waals surface area contributed by atoms with E-state index in [0.717, 1.165) is 22.6 Å². The van der Waals surface area contributed by atoms with Gasteiger partial charge in [-0.05, 0) is 12.1 Å². The molecule has 0 spiro atoms. The van der Waals surface area contributed by atoms with Crippen LogP contribution in [0.3, 0.4) is 0 Å². The van der Waals surface area contributed by atoms with Crippen LogP contribution in [0.25, 0.3) is 0 Å². The molecule has 0 fully saturated rings. The first-order valence-electron chi connectivity index (χ1n) is 4.65. The number of nitrogens with zero attached hydrogens (tertiary/aromatic N) is 3. The molecular weight excluding hydrogens is 323 g/mol. The Morgan fingerprint density at radius 3 is 2.69 bits per heavy atom. The SMILES string of the molecule is O=[N+]([O-])c1ccc(N2CCN=C(I)N2)cc1. The van der Waals surface area contributed by atoms with E-state index in [1.807, 2.05) is 5.01 Å². The number of benzene rings is 1. The Bertz CT molecular complexity index is 432. The summed E-state index contributed by atoms with van der Waals surface area (Å²) in [5.74, 6) is 0. The van der Waals surface area contributed by atoms with Crippen LogP contribution in [-0.4, -0.2) is 21.9 Å². The Hall–Kier alpha value is -1.38. The zero-order valence-corrected chi connectivity index (χ0v) is 10.4. The lowest BCUT2D eigenvalue weighted by Gasteiger charge is -2.28. The summed E-state index contributed by atoms with van der Waals surface area (Å²) in [5.41, 5.74) is 4.08. The number of anilines is 1. The van der Waals surface area contributed by atoms with Gasteiger partial charge in [0.05, 0.1) is 23.7 Å². The summed E-state index contributed by atoms with van der Waals surface area (Å²) in [7, 11) is 0. The van der Waals surface area contributed by atoms with Crippen LogP contribution in [-0.2, 0) is 0 Å². The maximum atomic E-state index is 10.5. The van der Waals surface area contributed by atoms with Crippen LogP contribution in [0.1, 0.15) is 0 Å². The smallest absolute Gasteiger partial charge is 0.269 e. The number of halogens is 1. The van der Waals surface area contributed by atoms with Crippen molar-refractivity contribution in [3.8, 4) is 0 Å². The van der Waals surface area contributed by atoms with Gasteiger partial charge in [0.1, 0.15) is 0 Å². The van der Waals surface area contributed by atoms with Gasteiger partial charge in [0.25, 0.3) is 5.69 Å². The van der Waals surface area contributed by atoms with Crippen LogP contribution in [0.15, 0.2) is 29.3 Å². The molecule has 16 heavy (non-hydrogen) atoms. The van der Waals surface area contributed by atoms with Crippen molar-refractivity contribution in [2.24, 2.45) is 4.99 Å². The van der Waals surface area contributed by atoms with Crippen molar-refractivity contribution in [3.63, 3.8) is 0 Å². The second kappa shape index (κ2) is 4.64. The van der Waals surface area contributed by atoms with Crippen molar-refractivity contribution < 1.29 is 4.92 Å². The van der Waals surface area contributed by atoms with Gasteiger partial charge in [-0.3, -0.25) is 25.5 Å². The highest BCUT2D eigenvalue weighted by molar-refractivity contribution is 14.1. The molecule has 0 unspecified atom stereocenters. The van der Waals surface area contributed by atoms with Crippen LogP contribution >= 0.6 is 22.6 Å². The molecule has 84 valence electrons. The molecule has 1 heterocycles. The molecule has 1 aromatic carbocycles. The molecule has 1 aliphatic heterocycles. The standard InChI is InChI=1S/C9H9IN4O2/c10-9-11-5-6-13(12-9)7-1-3-8(4-2-7)14(15)16/h1-4H,5-6H2,(H,11,12). The number of non-ortho nitro benzene ring substituents is 1. The molecule has 7 heteroatoms. The van der Waals surface area contributed by atoms with Crippen molar-refractivity contribution in [1.29, 1.82) is 0 Å². The van der Waals surface area contributed by atoms with Gasteiger partial charge in [0.15, 0.2) is 3.84 Å². The quantitative estimate of drug-likeness (QED) is 0.387. The van der Waals surface area contributed by atoms with Gasteiger partial charge in [-0.2, -0.15) is 0 Å². The third-order valence-corrected chi connectivity index (χ3v) is 2.76. The summed E-state index contributed by atoms with van der Waals surface area (Å²) in [6, 6.07) is 6.44. The highest BCUT2D eigenvalue weighted by Gasteiger charge is 2.12. The largest absolute Gasteiger partial charge is 0.284 e. The van der Waals surface area contributed by atoms with Gasteiger partial charge in [0.2, 0.25) is 0 Å². The number of nitrogens with one attached hydrogen (secondary N) is 1. The highest BCUT2D eigenvalue weighted by Crippen LogP contribution is 2.19. The minimum atomic E-state index is -0.404. The first-order valence-corrected chi connectivity index (χ1v) is 5.73. The van der Waals surface area contributed by atoms with Crippen LogP contribution in [0.5, 0.6) is 0 Å². The Kier molecular flexibility index (Phi) is 3.22. The molecule has 0 saturated heterocycles. The Balaban J connectivity index is 2.16.